The van der Waals surface area contributed by atoms with Gasteiger partial charge in [0.15, 0.2) is 5.78 Å². The Kier molecular flexibility index (Phi) is 4.51. The van der Waals surface area contributed by atoms with E-state index in [2.05, 4.69) is 19.9 Å². The summed E-state index contributed by atoms with van der Waals surface area (Å²) in [6.45, 7) is 4.42. The second kappa shape index (κ2) is 6.33. The van der Waals surface area contributed by atoms with Gasteiger partial charge in [-0.15, -0.1) is 0 Å². The highest BCUT2D eigenvalue weighted by Crippen LogP contribution is 2.17. The Balaban J connectivity index is 2.27. The van der Waals surface area contributed by atoms with E-state index in [1.807, 2.05) is 48.5 Å². The van der Waals surface area contributed by atoms with E-state index in [-0.39, 0.29) is 5.78 Å². The normalized spacial score (nSPS) is 10.7. The van der Waals surface area contributed by atoms with Crippen LogP contribution in [-0.2, 0) is 6.42 Å². The third kappa shape index (κ3) is 3.54. The number of carbonyl (C=O) groups is 1. The van der Waals surface area contributed by atoms with Gasteiger partial charge in [-0.1, -0.05) is 68.4 Å². The summed E-state index contributed by atoms with van der Waals surface area (Å²) in [5, 5.41) is 0. The predicted molar refractivity (Wildman–Crippen MR) is 79.5 cm³/mol. The monoisotopic (exact) mass is 252 g/mol. The zero-order chi connectivity index (χ0) is 13.7. The lowest BCUT2D eigenvalue weighted by Gasteiger charge is -2.10. The maximum Gasteiger partial charge on any atom is 0.193 e. The van der Waals surface area contributed by atoms with Crippen molar-refractivity contribution < 1.29 is 4.79 Å². The van der Waals surface area contributed by atoms with E-state index in [1.54, 1.807) is 0 Å². The van der Waals surface area contributed by atoms with Crippen molar-refractivity contribution in [3.05, 3.63) is 71.3 Å². The molecule has 0 bridgehead atoms. The molecule has 0 heterocycles. The van der Waals surface area contributed by atoms with Crippen molar-refractivity contribution in [3.8, 4) is 0 Å². The van der Waals surface area contributed by atoms with Crippen LogP contribution in [0, 0.1) is 5.92 Å². The van der Waals surface area contributed by atoms with Crippen LogP contribution in [0.3, 0.4) is 0 Å². The molecule has 0 aromatic heterocycles. The molecule has 0 amide bonds. The summed E-state index contributed by atoms with van der Waals surface area (Å²) in [4.78, 5) is 12.5. The van der Waals surface area contributed by atoms with Gasteiger partial charge in [0.25, 0.3) is 0 Å². The van der Waals surface area contributed by atoms with Crippen molar-refractivity contribution in [3.63, 3.8) is 0 Å². The van der Waals surface area contributed by atoms with Crippen LogP contribution >= 0.6 is 0 Å². The molecule has 1 nitrogen and oxygen atoms in total. The minimum Gasteiger partial charge on any atom is -0.289 e. The molecule has 0 aliphatic heterocycles. The third-order valence-electron chi connectivity index (χ3n) is 3.29. The van der Waals surface area contributed by atoms with Crippen LogP contribution in [0.2, 0.25) is 0 Å². The second-order valence-electron chi connectivity index (χ2n) is 5.28. The largest absolute Gasteiger partial charge is 0.289 e. The van der Waals surface area contributed by atoms with Crippen molar-refractivity contribution >= 4 is 5.78 Å². The molecule has 0 atom stereocenters. The Bertz CT molecular complexity index is 541. The van der Waals surface area contributed by atoms with Crippen LogP contribution in [-0.4, -0.2) is 5.78 Å². The van der Waals surface area contributed by atoms with E-state index in [1.165, 1.54) is 0 Å². The van der Waals surface area contributed by atoms with Gasteiger partial charge in [-0.2, -0.15) is 0 Å². The lowest BCUT2D eigenvalue weighted by Crippen LogP contribution is -2.06. The van der Waals surface area contributed by atoms with E-state index in [4.69, 9.17) is 0 Å². The molecular weight excluding hydrogens is 232 g/mol. The lowest BCUT2D eigenvalue weighted by molar-refractivity contribution is 0.103. The van der Waals surface area contributed by atoms with Crippen LogP contribution in [0.5, 0.6) is 0 Å². The number of carbonyl (C=O) groups excluding carboxylic acids is 1. The fraction of sp³-hybridized carbons (Fsp3) is 0.278. The molecule has 0 N–H and O–H groups in total. The lowest BCUT2D eigenvalue weighted by atomic mass is 9.94. The molecule has 0 radical (unpaired) electrons. The molecule has 0 saturated carbocycles. The van der Waals surface area contributed by atoms with Crippen molar-refractivity contribution in [2.75, 3.05) is 0 Å². The zero-order valence-electron chi connectivity index (χ0n) is 11.6. The number of hydrogen-bond donors (Lipinski definition) is 0. The summed E-state index contributed by atoms with van der Waals surface area (Å²) in [5.74, 6) is 0.778. The quantitative estimate of drug-likeness (QED) is 0.716. The van der Waals surface area contributed by atoms with Gasteiger partial charge in [-0.05, 0) is 24.3 Å². The Morgan fingerprint density at radius 2 is 1.58 bits per heavy atom. The summed E-state index contributed by atoms with van der Waals surface area (Å²) in [6.07, 6.45) is 2.07. The Hall–Kier alpha value is -1.89. The molecule has 0 fully saturated rings. The van der Waals surface area contributed by atoms with Gasteiger partial charge in [0.2, 0.25) is 0 Å². The summed E-state index contributed by atoms with van der Waals surface area (Å²) < 4.78 is 0. The maximum absolute atomic E-state index is 12.5. The first kappa shape index (κ1) is 13.5. The van der Waals surface area contributed by atoms with Crippen molar-refractivity contribution in [2.24, 2.45) is 5.92 Å². The van der Waals surface area contributed by atoms with Gasteiger partial charge in [-0.25, -0.2) is 0 Å². The number of aryl methyl sites for hydroxylation is 1. The molecule has 2 rings (SSSR count). The first-order valence-corrected chi connectivity index (χ1v) is 6.86. The van der Waals surface area contributed by atoms with Gasteiger partial charge < -0.3 is 0 Å². The number of ketones is 1. The van der Waals surface area contributed by atoms with Gasteiger partial charge in [0.05, 0.1) is 0 Å². The predicted octanol–water partition coefficient (Wildman–Crippen LogP) is 4.51. The molecule has 1 heteroatoms. The molecule has 2 aromatic carbocycles. The average molecular weight is 252 g/mol. The van der Waals surface area contributed by atoms with Crippen LogP contribution in [0.1, 0.15) is 41.8 Å². The highest BCUT2D eigenvalue weighted by atomic mass is 16.1. The topological polar surface area (TPSA) is 17.1 Å². The average Bonchev–Trinajstić information content (AvgIpc) is 2.45. The first-order chi connectivity index (χ1) is 9.18. The van der Waals surface area contributed by atoms with Crippen LogP contribution in [0.15, 0.2) is 54.6 Å². The maximum atomic E-state index is 12.5. The molecule has 19 heavy (non-hydrogen) atoms. The van der Waals surface area contributed by atoms with E-state index in [0.717, 1.165) is 29.5 Å². The summed E-state index contributed by atoms with van der Waals surface area (Å²) in [7, 11) is 0. The van der Waals surface area contributed by atoms with Crippen molar-refractivity contribution in [1.29, 1.82) is 0 Å². The van der Waals surface area contributed by atoms with Crippen molar-refractivity contribution in [2.45, 2.75) is 26.7 Å². The molecule has 0 spiro atoms. The number of benzene rings is 2. The van der Waals surface area contributed by atoms with Gasteiger partial charge >= 0.3 is 0 Å². The van der Waals surface area contributed by atoms with E-state index < -0.39 is 0 Å². The first-order valence-electron chi connectivity index (χ1n) is 6.86. The molecular formula is C18H20O. The molecule has 98 valence electrons. The smallest absolute Gasteiger partial charge is 0.193 e. The minimum atomic E-state index is 0.125. The molecule has 2 aromatic rings. The standard InChI is InChI=1S/C18H20O/c1-14(2)12-13-15-8-6-7-11-17(15)18(19)16-9-4-3-5-10-16/h3-11,14H,12-13H2,1-2H3. The highest BCUT2D eigenvalue weighted by molar-refractivity contribution is 6.09. The molecule has 0 aliphatic carbocycles. The Morgan fingerprint density at radius 1 is 0.947 bits per heavy atom. The van der Waals surface area contributed by atoms with Crippen LogP contribution in [0.25, 0.3) is 0 Å². The van der Waals surface area contributed by atoms with Gasteiger partial charge in [0, 0.05) is 11.1 Å². The number of rotatable bonds is 5. The third-order valence-corrected chi connectivity index (χ3v) is 3.29. The van der Waals surface area contributed by atoms with E-state index in [9.17, 15) is 4.79 Å². The Labute approximate surface area is 115 Å². The summed E-state index contributed by atoms with van der Waals surface area (Å²) in [6, 6.07) is 17.5. The van der Waals surface area contributed by atoms with Crippen molar-refractivity contribution in [1.82, 2.24) is 0 Å². The highest BCUT2D eigenvalue weighted by Gasteiger charge is 2.12. The molecule has 0 aliphatic rings. The van der Waals surface area contributed by atoms with Gasteiger partial charge in [0.1, 0.15) is 0 Å². The SMILES string of the molecule is CC(C)CCc1ccccc1C(=O)c1ccccc1. The number of hydrogen-bond acceptors (Lipinski definition) is 1. The summed E-state index contributed by atoms with van der Waals surface area (Å²) in [5.41, 5.74) is 2.76. The molecule has 0 saturated heterocycles. The minimum absolute atomic E-state index is 0.125. The fourth-order valence-electron chi connectivity index (χ4n) is 2.15. The van der Waals surface area contributed by atoms with Gasteiger partial charge in [-0.3, -0.25) is 4.79 Å². The molecule has 0 unspecified atom stereocenters. The summed E-state index contributed by atoms with van der Waals surface area (Å²) >= 11 is 0. The van der Waals surface area contributed by atoms with Crippen LogP contribution < -0.4 is 0 Å². The van der Waals surface area contributed by atoms with E-state index in [0.29, 0.717) is 5.92 Å². The fourth-order valence-corrected chi connectivity index (χ4v) is 2.15. The van der Waals surface area contributed by atoms with Crippen LogP contribution in [0.4, 0.5) is 0 Å². The zero-order valence-corrected chi connectivity index (χ0v) is 11.6. The second-order valence-corrected chi connectivity index (χ2v) is 5.28. The Morgan fingerprint density at radius 3 is 2.26 bits per heavy atom. The van der Waals surface area contributed by atoms with E-state index >= 15 is 0 Å².